The van der Waals surface area contributed by atoms with Gasteiger partial charge in [0.15, 0.2) is 11.5 Å². The van der Waals surface area contributed by atoms with Gasteiger partial charge in [-0.15, -0.1) is 0 Å². The fraction of sp³-hybridized carbons (Fsp3) is 0.449. The molecule has 334 valence electrons. The highest BCUT2D eigenvalue weighted by Crippen LogP contribution is 2.46. The minimum atomic E-state index is -1.000. The van der Waals surface area contributed by atoms with Crippen LogP contribution in [0.15, 0.2) is 48.5 Å². The Kier molecular flexibility index (Phi) is 13.1. The van der Waals surface area contributed by atoms with Crippen molar-refractivity contribution in [2.24, 2.45) is 0 Å². The van der Waals surface area contributed by atoms with E-state index in [-0.39, 0.29) is 49.2 Å². The Balaban J connectivity index is 0.709. The van der Waals surface area contributed by atoms with Crippen molar-refractivity contribution in [2.45, 2.75) is 89.6 Å². The first-order valence-corrected chi connectivity index (χ1v) is 22.3. The van der Waals surface area contributed by atoms with Crippen molar-refractivity contribution in [3.05, 3.63) is 105 Å². The first kappa shape index (κ1) is 44.4. The van der Waals surface area contributed by atoms with E-state index in [9.17, 15) is 28.8 Å². The summed E-state index contributed by atoms with van der Waals surface area (Å²) in [5, 5.41) is 6.25. The Bertz CT molecular complexity index is 2560. The van der Waals surface area contributed by atoms with E-state index in [2.05, 4.69) is 58.3 Å². The smallest absolute Gasteiger partial charge is 0.262 e. The van der Waals surface area contributed by atoms with Gasteiger partial charge in [0, 0.05) is 71.8 Å². The van der Waals surface area contributed by atoms with Gasteiger partial charge in [-0.1, -0.05) is 45.0 Å². The van der Waals surface area contributed by atoms with Crippen LogP contribution in [0, 0.1) is 6.57 Å². The van der Waals surface area contributed by atoms with Crippen LogP contribution in [0.2, 0.25) is 0 Å². The molecule has 15 nitrogen and oxygen atoms in total. The molecule has 3 aromatic carbocycles. The molecule has 1 aliphatic carbocycles. The number of anilines is 1. The zero-order valence-electron chi connectivity index (χ0n) is 36.6. The van der Waals surface area contributed by atoms with Crippen LogP contribution < -0.4 is 15.5 Å². The lowest BCUT2D eigenvalue weighted by molar-refractivity contribution is -0.136. The Morgan fingerprint density at radius 1 is 0.859 bits per heavy atom. The lowest BCUT2D eigenvalue weighted by Crippen LogP contribution is -2.54. The number of H-pyrrole nitrogens is 1. The average Bonchev–Trinajstić information content (AvgIpc) is 3.80. The monoisotopic (exact) mass is 870 g/mol. The minimum absolute atomic E-state index is 0.0128. The number of hydrogen-bond acceptors (Lipinski definition) is 10. The number of ether oxygens (including phenoxy) is 3. The van der Waals surface area contributed by atoms with Crippen LogP contribution in [0.1, 0.15) is 118 Å². The van der Waals surface area contributed by atoms with Crippen LogP contribution in [0.4, 0.5) is 11.4 Å². The molecule has 1 unspecified atom stereocenters. The number of fused-ring (bicyclic) bond motifs is 5. The van der Waals surface area contributed by atoms with E-state index in [4.69, 9.17) is 20.8 Å². The van der Waals surface area contributed by atoms with Gasteiger partial charge in [-0.05, 0) is 79.5 Å². The molecule has 3 N–H and O–H groups in total. The topological polar surface area (TPSA) is 181 Å². The van der Waals surface area contributed by atoms with Crippen LogP contribution in [-0.2, 0) is 46.9 Å². The van der Waals surface area contributed by atoms with Crippen molar-refractivity contribution in [1.82, 2.24) is 20.5 Å². The molecule has 1 atom stereocenters. The molecule has 8 rings (SSSR count). The summed E-state index contributed by atoms with van der Waals surface area (Å²) in [7, 11) is 0. The number of amides is 5. The highest BCUT2D eigenvalue weighted by molar-refractivity contribution is 6.24. The molecule has 4 aromatic rings. The fourth-order valence-corrected chi connectivity index (χ4v) is 9.57. The zero-order chi connectivity index (χ0) is 45.1. The quantitative estimate of drug-likeness (QED) is 0.0676. The largest absolute Gasteiger partial charge is 0.379 e. The van der Waals surface area contributed by atoms with Crippen molar-refractivity contribution in [3.8, 4) is 0 Å². The number of benzene rings is 3. The zero-order valence-corrected chi connectivity index (χ0v) is 36.6. The van der Waals surface area contributed by atoms with Gasteiger partial charge in [-0.3, -0.25) is 39.0 Å². The fourth-order valence-electron chi connectivity index (χ4n) is 9.57. The molecule has 1 aromatic heterocycles. The molecule has 0 spiro atoms. The third kappa shape index (κ3) is 8.69. The van der Waals surface area contributed by atoms with E-state index < -0.39 is 35.1 Å². The number of carbonyl (C=O) groups is 6. The number of nitrogens with one attached hydrogen (secondary N) is 3. The molecule has 0 saturated carbocycles. The van der Waals surface area contributed by atoms with E-state index in [0.717, 1.165) is 76.2 Å². The normalized spacial score (nSPS) is 18.2. The Morgan fingerprint density at radius 2 is 1.59 bits per heavy atom. The molecule has 0 bridgehead atoms. The van der Waals surface area contributed by atoms with E-state index in [1.165, 1.54) is 0 Å². The predicted molar refractivity (Wildman–Crippen MR) is 238 cm³/mol. The molecule has 4 aliphatic rings. The maximum absolute atomic E-state index is 14.1. The van der Waals surface area contributed by atoms with Crippen molar-refractivity contribution in [2.75, 3.05) is 57.6 Å². The molecule has 0 radical (unpaired) electrons. The number of hydrogen-bond donors (Lipinski definition) is 3. The standard InChI is InChI=1S/C49H54N6O9/c1-5-29-26-35-36(49(2,3)45-43(44(35)58)33-12-11-32(50-4)27-37(33)52-45)28-39(29)54-18-15-31(16-19-54)51-41(57)17-21-63-23-25-64-24-22-62-20-7-9-30-8-6-10-34-42(30)48(61)55(47(34)60)38-13-14-40(56)53-46(38)59/h6,8,10-12,26-28,31,38,52H,5,7,9,13-25H2,1-3H3,(H,51,57)(H,53,56,59). The number of aromatic amines is 1. The number of rotatable bonds is 17. The molecular weight excluding hydrogens is 817 g/mol. The van der Waals surface area contributed by atoms with E-state index in [1.807, 2.05) is 12.1 Å². The van der Waals surface area contributed by atoms with Crippen molar-refractivity contribution in [3.63, 3.8) is 0 Å². The van der Waals surface area contributed by atoms with Gasteiger partial charge < -0.3 is 29.4 Å². The van der Waals surface area contributed by atoms with Gasteiger partial charge >= 0.3 is 0 Å². The summed E-state index contributed by atoms with van der Waals surface area (Å²) in [6, 6.07) is 13.9. The van der Waals surface area contributed by atoms with E-state index in [1.54, 1.807) is 24.3 Å². The third-order valence-electron chi connectivity index (χ3n) is 13.0. The molecular formula is C49H54N6O9. The predicted octanol–water partition coefficient (Wildman–Crippen LogP) is 5.71. The summed E-state index contributed by atoms with van der Waals surface area (Å²) in [6.45, 7) is 17.6. The number of aromatic nitrogens is 1. The molecule has 15 heteroatoms. The number of nitrogens with zero attached hydrogens (tertiary/aromatic N) is 3. The molecule has 2 saturated heterocycles. The molecule has 5 amide bonds. The van der Waals surface area contributed by atoms with Crippen LogP contribution >= 0.6 is 0 Å². The second-order valence-corrected chi connectivity index (χ2v) is 17.4. The number of imide groups is 2. The maximum atomic E-state index is 14.1. The number of carbonyl (C=O) groups excluding carboxylic acids is 6. The first-order valence-electron chi connectivity index (χ1n) is 22.3. The molecule has 64 heavy (non-hydrogen) atoms. The van der Waals surface area contributed by atoms with E-state index in [0.29, 0.717) is 68.3 Å². The van der Waals surface area contributed by atoms with Gasteiger partial charge in [-0.2, -0.15) is 0 Å². The van der Waals surface area contributed by atoms with Gasteiger partial charge in [0.2, 0.25) is 17.7 Å². The number of piperidine rings is 2. The van der Waals surface area contributed by atoms with Crippen LogP contribution in [0.25, 0.3) is 15.7 Å². The summed E-state index contributed by atoms with van der Waals surface area (Å²) >= 11 is 0. The molecule has 2 fully saturated rings. The Labute approximate surface area is 372 Å². The summed E-state index contributed by atoms with van der Waals surface area (Å²) < 4.78 is 17.0. The van der Waals surface area contributed by atoms with Gasteiger partial charge in [0.05, 0.1) is 56.3 Å². The molecule has 3 aliphatic heterocycles. The average molecular weight is 871 g/mol. The van der Waals surface area contributed by atoms with Gasteiger partial charge in [0.1, 0.15) is 6.04 Å². The minimum Gasteiger partial charge on any atom is -0.379 e. The van der Waals surface area contributed by atoms with Crippen LogP contribution in [-0.4, -0.2) is 110 Å². The number of ketones is 1. The summed E-state index contributed by atoms with van der Waals surface area (Å²) in [5.74, 6) is -2.11. The van der Waals surface area contributed by atoms with Crippen molar-refractivity contribution >= 4 is 57.6 Å². The van der Waals surface area contributed by atoms with Crippen LogP contribution in [0.3, 0.4) is 0 Å². The second-order valence-electron chi connectivity index (χ2n) is 17.4. The molecule has 4 heterocycles. The lowest BCUT2D eigenvalue weighted by atomic mass is 9.70. The summed E-state index contributed by atoms with van der Waals surface area (Å²) in [4.78, 5) is 87.6. The Hall–Kier alpha value is -6.21. The van der Waals surface area contributed by atoms with Gasteiger partial charge in [0.25, 0.3) is 11.8 Å². The Morgan fingerprint density at radius 3 is 2.31 bits per heavy atom. The van der Waals surface area contributed by atoms with Crippen LogP contribution in [0.5, 0.6) is 0 Å². The highest BCUT2D eigenvalue weighted by atomic mass is 16.5. The highest BCUT2D eigenvalue weighted by Gasteiger charge is 2.45. The summed E-state index contributed by atoms with van der Waals surface area (Å²) in [6.07, 6.45) is 3.95. The second kappa shape index (κ2) is 18.9. The van der Waals surface area contributed by atoms with E-state index >= 15 is 0 Å². The summed E-state index contributed by atoms with van der Waals surface area (Å²) in [5.41, 5.74) is 7.73. The lowest BCUT2D eigenvalue weighted by Gasteiger charge is -2.38. The van der Waals surface area contributed by atoms with Gasteiger partial charge in [-0.25, -0.2) is 4.85 Å². The first-order chi connectivity index (χ1) is 30.9. The number of aryl methyl sites for hydroxylation is 2. The third-order valence-corrected chi connectivity index (χ3v) is 13.0. The van der Waals surface area contributed by atoms with Crippen molar-refractivity contribution < 1.29 is 43.0 Å². The van der Waals surface area contributed by atoms with Crippen molar-refractivity contribution in [1.29, 1.82) is 0 Å². The maximum Gasteiger partial charge on any atom is 0.262 e. The SMILES string of the molecule is [C-]#[N+]c1ccc2c3c([nH]c2c1)C(C)(C)c1cc(N2CCC(NC(=O)CCOCCOCCOCCCc4cccc5c4C(=O)N(C4CCC(=O)NC4=O)C5=O)CC2)c(CC)cc1C3=O.